The summed E-state index contributed by atoms with van der Waals surface area (Å²) in [5, 5.41) is 14.0. The fraction of sp³-hybridized carbons (Fsp3) is 0.636. The number of fused-ring (bicyclic) bond motifs is 2. The maximum Gasteiger partial charge on any atom is 0.168 e. The molecule has 1 N–H and O–H groups in total. The van der Waals surface area contributed by atoms with E-state index in [0.717, 1.165) is 10.9 Å². The van der Waals surface area contributed by atoms with Crippen LogP contribution in [0.4, 0.5) is 0 Å². The molecule has 5 heteroatoms. The summed E-state index contributed by atoms with van der Waals surface area (Å²) in [5.41, 5.74) is 0.990. The standard InChI is InChI=1S/C11H15N3OS/c1-14-5-4-12-11(14)16-10-8-3-2-7(6-8)9(10)13-15/h4-5,7-8,10,15H,2-3,6H2,1H3/b13-9-. The van der Waals surface area contributed by atoms with Crippen LogP contribution < -0.4 is 0 Å². The molecule has 3 rings (SSSR count). The van der Waals surface area contributed by atoms with Crippen molar-refractivity contribution in [3.63, 3.8) is 0 Å². The predicted molar refractivity (Wildman–Crippen MR) is 62.9 cm³/mol. The summed E-state index contributed by atoms with van der Waals surface area (Å²) in [6.07, 6.45) is 7.42. The van der Waals surface area contributed by atoms with Crippen molar-refractivity contribution in [3.05, 3.63) is 12.4 Å². The molecule has 0 saturated heterocycles. The lowest BCUT2D eigenvalue weighted by Gasteiger charge is -2.21. The highest BCUT2D eigenvalue weighted by molar-refractivity contribution is 8.00. The van der Waals surface area contributed by atoms with Crippen LogP contribution >= 0.6 is 11.8 Å². The highest BCUT2D eigenvalue weighted by atomic mass is 32.2. The van der Waals surface area contributed by atoms with Crippen molar-refractivity contribution in [2.24, 2.45) is 24.0 Å². The lowest BCUT2D eigenvalue weighted by molar-refractivity contribution is 0.314. The first-order valence-electron chi connectivity index (χ1n) is 5.65. The van der Waals surface area contributed by atoms with E-state index in [2.05, 4.69) is 10.1 Å². The number of nitrogens with zero attached hydrogens (tertiary/aromatic N) is 3. The minimum Gasteiger partial charge on any atom is -0.411 e. The molecule has 1 heterocycles. The lowest BCUT2D eigenvalue weighted by atomic mass is 9.98. The number of rotatable bonds is 2. The highest BCUT2D eigenvalue weighted by Crippen LogP contribution is 2.49. The zero-order chi connectivity index (χ0) is 11.1. The number of hydrogen-bond donors (Lipinski definition) is 1. The Labute approximate surface area is 98.7 Å². The molecule has 2 bridgehead atoms. The number of aromatic nitrogens is 2. The number of hydrogen-bond acceptors (Lipinski definition) is 4. The van der Waals surface area contributed by atoms with E-state index < -0.39 is 0 Å². The summed E-state index contributed by atoms with van der Waals surface area (Å²) in [5.74, 6) is 1.20. The van der Waals surface area contributed by atoms with Gasteiger partial charge in [-0.3, -0.25) is 0 Å². The number of aryl methyl sites for hydroxylation is 1. The zero-order valence-corrected chi connectivity index (χ0v) is 10.0. The van der Waals surface area contributed by atoms with Crippen LogP contribution in [-0.2, 0) is 7.05 Å². The molecule has 3 atom stereocenters. The normalized spacial score (nSPS) is 35.1. The van der Waals surface area contributed by atoms with Gasteiger partial charge in [-0.2, -0.15) is 0 Å². The molecule has 1 aromatic heterocycles. The van der Waals surface area contributed by atoms with Crippen LogP contribution in [0.1, 0.15) is 19.3 Å². The Balaban J connectivity index is 1.83. The molecule has 4 nitrogen and oxygen atoms in total. The van der Waals surface area contributed by atoms with Gasteiger partial charge in [0.2, 0.25) is 0 Å². The van der Waals surface area contributed by atoms with Crippen molar-refractivity contribution in [1.82, 2.24) is 9.55 Å². The molecule has 0 spiro atoms. The average molecular weight is 237 g/mol. The largest absolute Gasteiger partial charge is 0.411 e. The van der Waals surface area contributed by atoms with Gasteiger partial charge >= 0.3 is 0 Å². The van der Waals surface area contributed by atoms with E-state index in [-0.39, 0.29) is 0 Å². The van der Waals surface area contributed by atoms with Gasteiger partial charge in [-0.05, 0) is 25.2 Å². The smallest absolute Gasteiger partial charge is 0.168 e. The van der Waals surface area contributed by atoms with Crippen LogP contribution in [0.2, 0.25) is 0 Å². The second-order valence-corrected chi connectivity index (χ2v) is 5.76. The van der Waals surface area contributed by atoms with Crippen LogP contribution in [0.25, 0.3) is 0 Å². The lowest BCUT2D eigenvalue weighted by Crippen LogP contribution is -2.25. The summed E-state index contributed by atoms with van der Waals surface area (Å²) < 4.78 is 2.02. The van der Waals surface area contributed by atoms with E-state index in [9.17, 15) is 0 Å². The van der Waals surface area contributed by atoms with Gasteiger partial charge in [0.15, 0.2) is 5.16 Å². The second-order valence-electron chi connectivity index (χ2n) is 4.65. The van der Waals surface area contributed by atoms with Crippen molar-refractivity contribution in [2.45, 2.75) is 29.7 Å². The Morgan fingerprint density at radius 1 is 1.56 bits per heavy atom. The Kier molecular flexibility index (Phi) is 2.42. The Morgan fingerprint density at radius 2 is 2.44 bits per heavy atom. The number of oxime groups is 1. The van der Waals surface area contributed by atoms with Crippen molar-refractivity contribution in [2.75, 3.05) is 0 Å². The maximum atomic E-state index is 9.10. The first-order valence-corrected chi connectivity index (χ1v) is 6.53. The molecule has 2 aliphatic carbocycles. The Bertz CT molecular complexity index is 429. The molecule has 0 radical (unpaired) electrons. The molecule has 1 aromatic rings. The molecule has 0 amide bonds. The van der Waals surface area contributed by atoms with Crippen LogP contribution in [-0.4, -0.2) is 25.7 Å². The topological polar surface area (TPSA) is 50.4 Å². The SMILES string of the molecule is Cn1ccnc1SC1/C(=N\O)C2CCC1C2. The molecule has 0 aromatic carbocycles. The molecule has 3 unspecified atom stereocenters. The minimum atomic E-state index is 0.338. The third-order valence-electron chi connectivity index (χ3n) is 3.74. The first kappa shape index (κ1) is 10.2. The van der Waals surface area contributed by atoms with Gasteiger partial charge in [-0.1, -0.05) is 16.9 Å². The van der Waals surface area contributed by atoms with E-state index >= 15 is 0 Å². The summed E-state index contributed by atoms with van der Waals surface area (Å²) in [6.45, 7) is 0. The van der Waals surface area contributed by atoms with Gasteiger partial charge in [0.1, 0.15) is 0 Å². The molecule has 86 valence electrons. The third-order valence-corrected chi connectivity index (χ3v) is 5.22. The fourth-order valence-corrected chi connectivity index (χ4v) is 4.28. The zero-order valence-electron chi connectivity index (χ0n) is 9.21. The Morgan fingerprint density at radius 3 is 3.12 bits per heavy atom. The van der Waals surface area contributed by atoms with Crippen LogP contribution in [0.15, 0.2) is 22.7 Å². The van der Waals surface area contributed by atoms with Gasteiger partial charge in [0, 0.05) is 25.4 Å². The molecular weight excluding hydrogens is 222 g/mol. The van der Waals surface area contributed by atoms with Crippen LogP contribution in [0, 0.1) is 11.8 Å². The van der Waals surface area contributed by atoms with Crippen molar-refractivity contribution >= 4 is 17.5 Å². The molecule has 2 aliphatic rings. The van der Waals surface area contributed by atoms with Crippen molar-refractivity contribution in [3.8, 4) is 0 Å². The molecular formula is C11H15N3OS. The summed E-state index contributed by atoms with van der Waals surface area (Å²) >= 11 is 1.74. The van der Waals surface area contributed by atoms with E-state index in [1.54, 1.807) is 11.8 Å². The minimum absolute atomic E-state index is 0.338. The van der Waals surface area contributed by atoms with Gasteiger partial charge in [0.25, 0.3) is 0 Å². The predicted octanol–water partition coefficient (Wildman–Crippen LogP) is 2.14. The van der Waals surface area contributed by atoms with Crippen LogP contribution in [0.5, 0.6) is 0 Å². The molecule has 2 fully saturated rings. The van der Waals surface area contributed by atoms with Gasteiger partial charge in [-0.15, -0.1) is 0 Å². The first-order chi connectivity index (χ1) is 7.79. The van der Waals surface area contributed by atoms with E-state index in [1.807, 2.05) is 24.0 Å². The molecule has 16 heavy (non-hydrogen) atoms. The quantitative estimate of drug-likeness (QED) is 0.633. The summed E-state index contributed by atoms with van der Waals surface area (Å²) in [6, 6.07) is 0. The number of imidazole rings is 1. The van der Waals surface area contributed by atoms with E-state index in [0.29, 0.717) is 17.1 Å². The number of thioether (sulfide) groups is 1. The molecule has 0 aliphatic heterocycles. The van der Waals surface area contributed by atoms with E-state index in [4.69, 9.17) is 5.21 Å². The fourth-order valence-electron chi connectivity index (χ4n) is 2.91. The second kappa shape index (κ2) is 3.80. The summed E-state index contributed by atoms with van der Waals surface area (Å²) in [4.78, 5) is 4.32. The monoisotopic (exact) mass is 237 g/mol. The maximum absolute atomic E-state index is 9.10. The highest BCUT2D eigenvalue weighted by Gasteiger charge is 2.46. The third kappa shape index (κ3) is 1.45. The van der Waals surface area contributed by atoms with Crippen molar-refractivity contribution in [1.29, 1.82) is 0 Å². The van der Waals surface area contributed by atoms with Crippen LogP contribution in [0.3, 0.4) is 0 Å². The molecule has 2 saturated carbocycles. The van der Waals surface area contributed by atoms with Gasteiger partial charge in [-0.25, -0.2) is 4.98 Å². The average Bonchev–Trinajstić information content (AvgIpc) is 2.95. The van der Waals surface area contributed by atoms with Crippen molar-refractivity contribution < 1.29 is 5.21 Å². The van der Waals surface area contributed by atoms with Gasteiger partial charge in [0.05, 0.1) is 11.0 Å². The van der Waals surface area contributed by atoms with E-state index in [1.165, 1.54) is 19.3 Å². The van der Waals surface area contributed by atoms with Gasteiger partial charge < -0.3 is 9.77 Å². The Hall–Kier alpha value is -0.970. The summed E-state index contributed by atoms with van der Waals surface area (Å²) in [7, 11) is 2.00.